The Bertz CT molecular complexity index is 704. The number of nitrogens with one attached hydrogen (secondary N) is 1. The Hall–Kier alpha value is -2.65. The summed E-state index contributed by atoms with van der Waals surface area (Å²) in [6.07, 6.45) is 2.88. The maximum atomic E-state index is 12.5. The van der Waals surface area contributed by atoms with Crippen LogP contribution in [0.2, 0.25) is 0 Å². The van der Waals surface area contributed by atoms with Crippen molar-refractivity contribution >= 4 is 17.6 Å². The van der Waals surface area contributed by atoms with Gasteiger partial charge in [-0.1, -0.05) is 12.2 Å². The number of hydrogen-bond donors (Lipinski definition) is 2. The summed E-state index contributed by atoms with van der Waals surface area (Å²) in [4.78, 5) is 24.0. The van der Waals surface area contributed by atoms with Crippen molar-refractivity contribution in [1.29, 1.82) is 5.26 Å². The summed E-state index contributed by atoms with van der Waals surface area (Å²) in [5.41, 5.74) is 0.104. The molecular weight excluding hydrogens is 284 g/mol. The number of rotatable bonds is 3. The van der Waals surface area contributed by atoms with Crippen LogP contribution in [0.5, 0.6) is 0 Å². The van der Waals surface area contributed by atoms with Gasteiger partial charge >= 0.3 is 5.97 Å². The third kappa shape index (κ3) is 2.16. The number of carbonyl (C=O) groups excluding carboxylic acids is 1. The van der Waals surface area contributed by atoms with Gasteiger partial charge in [0.05, 0.1) is 29.3 Å². The summed E-state index contributed by atoms with van der Waals surface area (Å²) in [6.45, 7) is 1.72. The van der Waals surface area contributed by atoms with Gasteiger partial charge in [-0.25, -0.2) is 0 Å². The molecule has 22 heavy (non-hydrogen) atoms. The van der Waals surface area contributed by atoms with Crippen molar-refractivity contribution in [3.8, 4) is 6.07 Å². The van der Waals surface area contributed by atoms with Crippen molar-refractivity contribution in [3.63, 3.8) is 0 Å². The molecule has 2 N–H and O–H groups in total. The van der Waals surface area contributed by atoms with E-state index in [1.807, 2.05) is 6.07 Å². The molecule has 4 atom stereocenters. The lowest BCUT2D eigenvalue weighted by Gasteiger charge is -2.27. The molecule has 3 rings (SSSR count). The van der Waals surface area contributed by atoms with Gasteiger partial charge in [-0.05, 0) is 31.2 Å². The van der Waals surface area contributed by atoms with E-state index < -0.39 is 35.4 Å². The lowest BCUT2D eigenvalue weighted by atomic mass is 9.75. The highest BCUT2D eigenvalue weighted by molar-refractivity contribution is 5.97. The van der Waals surface area contributed by atoms with Crippen molar-refractivity contribution in [2.24, 2.45) is 11.8 Å². The third-order valence-corrected chi connectivity index (χ3v) is 4.19. The Kier molecular flexibility index (Phi) is 3.23. The van der Waals surface area contributed by atoms with Gasteiger partial charge in [-0.2, -0.15) is 5.26 Å². The van der Waals surface area contributed by atoms with E-state index in [0.717, 1.165) is 0 Å². The highest BCUT2D eigenvalue weighted by Gasteiger charge is 2.59. The van der Waals surface area contributed by atoms with Gasteiger partial charge in [0.1, 0.15) is 5.92 Å². The molecule has 1 amide bonds. The monoisotopic (exact) mass is 298 g/mol. The number of benzene rings is 1. The average Bonchev–Trinajstić information content (AvgIpc) is 3.01. The van der Waals surface area contributed by atoms with Gasteiger partial charge in [0, 0.05) is 5.69 Å². The molecule has 112 valence electrons. The molecule has 6 heteroatoms. The molecule has 0 spiro atoms. The number of nitriles is 1. The average molecular weight is 298 g/mol. The van der Waals surface area contributed by atoms with E-state index in [4.69, 9.17) is 10.00 Å². The summed E-state index contributed by atoms with van der Waals surface area (Å²) in [5.74, 6) is -3.13. The van der Waals surface area contributed by atoms with Crippen LogP contribution >= 0.6 is 0 Å². The number of ether oxygens (including phenoxy) is 1. The Morgan fingerprint density at radius 3 is 2.64 bits per heavy atom. The first-order valence-corrected chi connectivity index (χ1v) is 6.85. The highest BCUT2D eigenvalue weighted by atomic mass is 16.5. The maximum absolute atomic E-state index is 12.5. The number of hydrogen-bond acceptors (Lipinski definition) is 4. The third-order valence-electron chi connectivity index (χ3n) is 4.19. The first kappa shape index (κ1) is 14.3. The smallest absolute Gasteiger partial charge is 0.310 e. The zero-order chi connectivity index (χ0) is 15.9. The number of aliphatic carboxylic acids is 1. The molecule has 0 aliphatic carbocycles. The maximum Gasteiger partial charge on any atom is 0.310 e. The van der Waals surface area contributed by atoms with Gasteiger partial charge in [0.2, 0.25) is 5.91 Å². The number of carboxylic acid groups (broad SMARTS) is 1. The van der Waals surface area contributed by atoms with Crippen LogP contribution < -0.4 is 5.32 Å². The van der Waals surface area contributed by atoms with Crippen LogP contribution in [0.4, 0.5) is 5.69 Å². The normalized spacial score (nSPS) is 31.7. The predicted molar refractivity (Wildman–Crippen MR) is 76.8 cm³/mol. The van der Waals surface area contributed by atoms with E-state index in [-0.39, 0.29) is 0 Å². The summed E-state index contributed by atoms with van der Waals surface area (Å²) in [5, 5.41) is 20.8. The number of carbonyl (C=O) groups is 2. The van der Waals surface area contributed by atoms with Gasteiger partial charge in [0.25, 0.3) is 0 Å². The fraction of sp³-hybridized carbons (Fsp3) is 0.312. The van der Waals surface area contributed by atoms with Crippen molar-refractivity contribution < 1.29 is 19.4 Å². The molecule has 2 aliphatic heterocycles. The van der Waals surface area contributed by atoms with E-state index in [1.165, 1.54) is 0 Å². The summed E-state index contributed by atoms with van der Waals surface area (Å²) in [7, 11) is 0. The standard InChI is InChI=1S/C16H14N2O4/c1-16-7-6-11(22-16)12(15(20)21)13(16)14(19)18-10-4-2-9(8-17)3-5-10/h2-7,11-13H,1H3,(H,18,19)(H,20,21)/t11-,12+,13-,16+/m1/s1. The minimum Gasteiger partial charge on any atom is -0.481 e. The lowest BCUT2D eigenvalue weighted by Crippen LogP contribution is -2.44. The van der Waals surface area contributed by atoms with Crippen LogP contribution in [0.25, 0.3) is 0 Å². The Labute approximate surface area is 127 Å². The molecule has 2 heterocycles. The molecule has 1 aromatic rings. The molecule has 1 saturated heterocycles. The number of amides is 1. The lowest BCUT2D eigenvalue weighted by molar-refractivity contribution is -0.146. The van der Waals surface area contributed by atoms with E-state index in [9.17, 15) is 14.7 Å². The van der Waals surface area contributed by atoms with Gasteiger partial charge < -0.3 is 15.2 Å². The molecule has 1 aromatic carbocycles. The van der Waals surface area contributed by atoms with Crippen LogP contribution in [-0.2, 0) is 14.3 Å². The molecule has 2 aliphatic rings. The van der Waals surface area contributed by atoms with Crippen molar-refractivity contribution in [2.45, 2.75) is 18.6 Å². The Balaban J connectivity index is 1.83. The second-order valence-electron chi connectivity index (χ2n) is 5.65. The number of fused-ring (bicyclic) bond motifs is 2. The van der Waals surface area contributed by atoms with Crippen molar-refractivity contribution in [2.75, 3.05) is 5.32 Å². The van der Waals surface area contributed by atoms with Crippen LogP contribution in [0.3, 0.4) is 0 Å². The Morgan fingerprint density at radius 1 is 1.36 bits per heavy atom. The molecule has 2 bridgehead atoms. The van der Waals surface area contributed by atoms with Crippen molar-refractivity contribution in [1.82, 2.24) is 0 Å². The number of anilines is 1. The number of nitrogens with zero attached hydrogens (tertiary/aromatic N) is 1. The van der Waals surface area contributed by atoms with E-state index >= 15 is 0 Å². The fourth-order valence-corrected chi connectivity index (χ4v) is 3.13. The van der Waals surface area contributed by atoms with Gasteiger partial charge in [0.15, 0.2) is 0 Å². The predicted octanol–water partition coefficient (Wildman–Crippen LogP) is 1.54. The summed E-state index contributed by atoms with van der Waals surface area (Å²) >= 11 is 0. The van der Waals surface area contributed by atoms with Crippen molar-refractivity contribution in [3.05, 3.63) is 42.0 Å². The Morgan fingerprint density at radius 2 is 2.05 bits per heavy atom. The SMILES string of the molecule is C[C@@]12C=C[C@@H](O1)[C@H](C(=O)O)[C@@H]2C(=O)Nc1ccc(C#N)cc1. The molecule has 0 unspecified atom stereocenters. The van der Waals surface area contributed by atoms with Crippen LogP contribution in [0.1, 0.15) is 12.5 Å². The van der Waals surface area contributed by atoms with Crippen LogP contribution in [0.15, 0.2) is 36.4 Å². The topological polar surface area (TPSA) is 99.4 Å². The van der Waals surface area contributed by atoms with E-state index in [0.29, 0.717) is 11.3 Å². The van der Waals surface area contributed by atoms with E-state index in [2.05, 4.69) is 5.32 Å². The second-order valence-corrected chi connectivity index (χ2v) is 5.65. The second kappa shape index (κ2) is 4.97. The first-order chi connectivity index (χ1) is 10.4. The van der Waals surface area contributed by atoms with Gasteiger partial charge in [-0.3, -0.25) is 9.59 Å². The fourth-order valence-electron chi connectivity index (χ4n) is 3.13. The highest BCUT2D eigenvalue weighted by Crippen LogP contribution is 2.47. The quantitative estimate of drug-likeness (QED) is 0.825. The summed E-state index contributed by atoms with van der Waals surface area (Å²) in [6, 6.07) is 8.39. The molecule has 0 saturated carbocycles. The molecule has 6 nitrogen and oxygen atoms in total. The minimum atomic E-state index is -1.04. The molecule has 1 fully saturated rings. The number of carboxylic acids is 1. The zero-order valence-corrected chi connectivity index (χ0v) is 11.8. The first-order valence-electron chi connectivity index (χ1n) is 6.85. The zero-order valence-electron chi connectivity index (χ0n) is 11.8. The largest absolute Gasteiger partial charge is 0.481 e. The van der Waals surface area contributed by atoms with Gasteiger partial charge in [-0.15, -0.1) is 0 Å². The van der Waals surface area contributed by atoms with E-state index in [1.54, 1.807) is 43.3 Å². The molecule has 0 radical (unpaired) electrons. The molecular formula is C16H14N2O4. The minimum absolute atomic E-state index is 0.397. The summed E-state index contributed by atoms with van der Waals surface area (Å²) < 4.78 is 5.65. The van der Waals surface area contributed by atoms with Crippen LogP contribution in [-0.4, -0.2) is 28.7 Å². The molecule has 0 aromatic heterocycles. The van der Waals surface area contributed by atoms with Crippen LogP contribution in [0, 0.1) is 23.2 Å².